The van der Waals surface area contributed by atoms with Gasteiger partial charge in [0.15, 0.2) is 0 Å². The van der Waals surface area contributed by atoms with Gasteiger partial charge < -0.3 is 9.46 Å². The number of rotatable bonds is 12. The van der Waals surface area contributed by atoms with Crippen molar-refractivity contribution in [3.8, 4) is 0 Å². The number of allylic oxidation sites excluding steroid dienone is 3. The first kappa shape index (κ1) is 40.4. The topological polar surface area (TPSA) is 56.8 Å². The molecule has 250 valence electrons. The molecule has 0 aromatic heterocycles. The minimum Gasteiger partial charge on any atom is -0.468 e. The Labute approximate surface area is 283 Å². The summed E-state index contributed by atoms with van der Waals surface area (Å²) in [4.78, 5) is 16.1. The lowest BCUT2D eigenvalue weighted by molar-refractivity contribution is -0.159. The fourth-order valence-electron chi connectivity index (χ4n) is 4.23. The van der Waals surface area contributed by atoms with Gasteiger partial charge in [-0.1, -0.05) is 120 Å². The molecule has 3 aromatic carbocycles. The molecular formula is C40H55NO4S. The van der Waals surface area contributed by atoms with Gasteiger partial charge in [-0.05, 0) is 77.0 Å². The number of hydrogen-bond donors (Lipinski definition) is 1. The van der Waals surface area contributed by atoms with E-state index in [0.717, 1.165) is 23.5 Å². The number of carbonyl (C=O) groups excluding carboxylic acids is 1. The summed E-state index contributed by atoms with van der Waals surface area (Å²) >= 11 is 1.03. The smallest absolute Gasteiger partial charge is 0.315 e. The molecular weight excluding hydrogens is 591 g/mol. The molecule has 3 rings (SSSR count). The first-order valence-electron chi connectivity index (χ1n) is 15.5. The zero-order valence-corrected chi connectivity index (χ0v) is 30.4. The van der Waals surface area contributed by atoms with Crippen molar-refractivity contribution < 1.29 is 18.8 Å². The third kappa shape index (κ3) is 13.0. The first-order chi connectivity index (χ1) is 21.7. The molecule has 0 heterocycles. The maximum Gasteiger partial charge on any atom is 0.315 e. The third-order valence-electron chi connectivity index (χ3n) is 7.92. The number of ether oxygens (including phenoxy) is 1. The summed E-state index contributed by atoms with van der Waals surface area (Å²) in [5.74, 6) is 0.929. The Morgan fingerprint density at radius 3 is 1.37 bits per heavy atom. The van der Waals surface area contributed by atoms with Crippen LogP contribution < -0.4 is 4.72 Å². The van der Waals surface area contributed by atoms with Crippen LogP contribution >= 0.6 is 12.2 Å². The average Bonchev–Trinajstić information content (AvgIpc) is 3.07. The van der Waals surface area contributed by atoms with Crippen LogP contribution in [0.3, 0.4) is 0 Å². The van der Waals surface area contributed by atoms with Crippen molar-refractivity contribution in [1.29, 1.82) is 0 Å². The molecule has 0 amide bonds. The lowest BCUT2D eigenvalue weighted by atomic mass is 9.83. The summed E-state index contributed by atoms with van der Waals surface area (Å²) in [6.07, 6.45) is 5.80. The van der Waals surface area contributed by atoms with Crippen LogP contribution in [0.1, 0.15) is 101 Å². The number of methoxy groups -OCH3 is 1. The van der Waals surface area contributed by atoms with Crippen molar-refractivity contribution >= 4 is 23.9 Å². The van der Waals surface area contributed by atoms with Gasteiger partial charge in [0.25, 0.3) is 0 Å². The largest absolute Gasteiger partial charge is 0.468 e. The van der Waals surface area contributed by atoms with Gasteiger partial charge >= 0.3 is 5.97 Å². The molecule has 0 fully saturated rings. The molecule has 1 N–H and O–H groups in total. The summed E-state index contributed by atoms with van der Waals surface area (Å²) < 4.78 is 12.4. The van der Waals surface area contributed by atoms with Crippen LogP contribution in [0, 0.1) is 0 Å². The second-order valence-electron chi connectivity index (χ2n) is 12.7. The number of esters is 1. The Hall–Kier alpha value is -3.58. The predicted molar refractivity (Wildman–Crippen MR) is 198 cm³/mol. The third-order valence-corrected chi connectivity index (χ3v) is 8.44. The lowest BCUT2D eigenvalue weighted by Gasteiger charge is -2.22. The Bertz CT molecular complexity index is 1340. The molecule has 0 aliphatic carbocycles. The summed E-state index contributed by atoms with van der Waals surface area (Å²) in [5, 5.41) is 0. The summed E-state index contributed by atoms with van der Waals surface area (Å²) in [6, 6.07) is 25.0. The van der Waals surface area contributed by atoms with E-state index in [-0.39, 0.29) is 11.4 Å². The van der Waals surface area contributed by atoms with E-state index < -0.39 is 5.41 Å². The van der Waals surface area contributed by atoms with Gasteiger partial charge in [0, 0.05) is 5.69 Å². The SMILES string of the molecule is C=CC(C)c1ccc(C(C)(C)C(=O)OC)cc1.C=CC(C)c1ccc(C(C)(C)C)cc1.C=CC(C)c1ccc(NSOOC)cc1. The molecule has 0 bridgehead atoms. The van der Waals surface area contributed by atoms with E-state index in [1.807, 2.05) is 68.5 Å². The highest BCUT2D eigenvalue weighted by Crippen LogP contribution is 2.27. The van der Waals surface area contributed by atoms with E-state index in [0.29, 0.717) is 17.8 Å². The number of benzene rings is 3. The van der Waals surface area contributed by atoms with Gasteiger partial charge in [0.1, 0.15) is 12.2 Å². The Morgan fingerprint density at radius 2 is 1.04 bits per heavy atom. The summed E-state index contributed by atoms with van der Waals surface area (Å²) in [6.45, 7) is 28.2. The molecule has 6 heteroatoms. The predicted octanol–water partition coefficient (Wildman–Crippen LogP) is 11.2. The van der Waals surface area contributed by atoms with Gasteiger partial charge in [-0.15, -0.1) is 24.1 Å². The Kier molecular flexibility index (Phi) is 17.4. The standard InChI is InChI=1S/C15H20O2.C14H20.C11H15NO2S/c1-6-11(2)12-7-9-13(10-8-12)15(3,4)14(16)17-5;1-6-11(2)12-7-9-13(10-8-12)14(3,4)5;1-4-9(2)10-5-7-11(8-6-10)12-15-14-13-3/h6-11H,1H2,2-5H3;6-11H,1H2,2-5H3;4-9,12H,1H2,2-3H3. The number of nitrogens with one attached hydrogen (secondary N) is 1. The molecule has 0 saturated heterocycles. The van der Waals surface area contributed by atoms with Gasteiger partial charge in [0.2, 0.25) is 0 Å². The maximum absolute atomic E-state index is 11.7. The molecule has 0 aliphatic rings. The van der Waals surface area contributed by atoms with Crippen LogP contribution in [0.25, 0.3) is 0 Å². The molecule has 0 spiro atoms. The van der Waals surface area contributed by atoms with Crippen LogP contribution in [0.15, 0.2) is 111 Å². The highest BCUT2D eigenvalue weighted by molar-refractivity contribution is 7.95. The highest BCUT2D eigenvalue weighted by atomic mass is 32.2. The number of carbonyl (C=O) groups is 1. The normalized spacial score (nSPS) is 12.9. The number of hydrogen-bond acceptors (Lipinski definition) is 6. The summed E-state index contributed by atoms with van der Waals surface area (Å²) in [7, 11) is 2.88. The molecule has 3 atom stereocenters. The van der Waals surface area contributed by atoms with Crippen LogP contribution in [-0.4, -0.2) is 20.2 Å². The zero-order chi connectivity index (χ0) is 34.9. The molecule has 0 aliphatic heterocycles. The minimum absolute atomic E-state index is 0.220. The van der Waals surface area contributed by atoms with Crippen molar-refractivity contribution in [1.82, 2.24) is 0 Å². The lowest BCUT2D eigenvalue weighted by Crippen LogP contribution is -2.30. The molecule has 3 unspecified atom stereocenters. The van der Waals surface area contributed by atoms with Crippen LogP contribution in [0.2, 0.25) is 0 Å². The molecule has 0 radical (unpaired) electrons. The number of anilines is 1. The fourth-order valence-corrected chi connectivity index (χ4v) is 4.56. The molecule has 46 heavy (non-hydrogen) atoms. The van der Waals surface area contributed by atoms with Gasteiger partial charge in [-0.3, -0.25) is 4.79 Å². The van der Waals surface area contributed by atoms with E-state index in [2.05, 4.69) is 112 Å². The van der Waals surface area contributed by atoms with E-state index in [1.165, 1.54) is 36.5 Å². The van der Waals surface area contributed by atoms with Crippen molar-refractivity contribution in [3.63, 3.8) is 0 Å². The van der Waals surface area contributed by atoms with Crippen LogP contribution in [0.4, 0.5) is 5.69 Å². The van der Waals surface area contributed by atoms with Gasteiger partial charge in [0.05, 0.1) is 19.6 Å². The van der Waals surface area contributed by atoms with Crippen molar-refractivity contribution in [2.45, 2.75) is 84.0 Å². The van der Waals surface area contributed by atoms with Crippen LogP contribution in [-0.2, 0) is 29.6 Å². The van der Waals surface area contributed by atoms with Gasteiger partial charge in [-0.25, -0.2) is 4.89 Å². The minimum atomic E-state index is -0.606. The zero-order valence-electron chi connectivity index (χ0n) is 29.6. The van der Waals surface area contributed by atoms with Crippen LogP contribution in [0.5, 0.6) is 0 Å². The van der Waals surface area contributed by atoms with E-state index >= 15 is 0 Å². The average molecular weight is 646 g/mol. The van der Waals surface area contributed by atoms with Crippen molar-refractivity contribution in [2.75, 3.05) is 18.9 Å². The molecule has 3 aromatic rings. The molecule has 0 saturated carbocycles. The summed E-state index contributed by atoms with van der Waals surface area (Å²) in [5.41, 5.74) is 6.74. The first-order valence-corrected chi connectivity index (χ1v) is 16.3. The second-order valence-corrected chi connectivity index (χ2v) is 13.2. The Balaban J connectivity index is 0.000000347. The van der Waals surface area contributed by atoms with E-state index in [1.54, 1.807) is 0 Å². The molecule has 5 nitrogen and oxygen atoms in total. The van der Waals surface area contributed by atoms with Gasteiger partial charge in [-0.2, -0.15) is 0 Å². The monoisotopic (exact) mass is 645 g/mol. The van der Waals surface area contributed by atoms with Crippen molar-refractivity contribution in [3.05, 3.63) is 139 Å². The Morgan fingerprint density at radius 1 is 0.674 bits per heavy atom. The van der Waals surface area contributed by atoms with E-state index in [4.69, 9.17) is 4.74 Å². The quantitative estimate of drug-likeness (QED) is 0.0402. The fraction of sp³-hybridized carbons (Fsp3) is 0.375. The maximum atomic E-state index is 11.7. The highest BCUT2D eigenvalue weighted by Gasteiger charge is 2.30. The van der Waals surface area contributed by atoms with Crippen molar-refractivity contribution in [2.24, 2.45) is 0 Å². The second kappa shape index (κ2) is 19.8. The van der Waals surface area contributed by atoms with E-state index in [9.17, 15) is 4.79 Å².